The molecule has 0 spiro atoms. The van der Waals surface area contributed by atoms with Gasteiger partial charge in [0.2, 0.25) is 0 Å². The monoisotopic (exact) mass is 146 g/mol. The van der Waals surface area contributed by atoms with Crippen LogP contribution in [0, 0.1) is 0 Å². The van der Waals surface area contributed by atoms with Gasteiger partial charge in [-0.3, -0.25) is 0 Å². The normalized spacial score (nSPS) is 41.7. The Morgan fingerprint density at radius 2 is 2.20 bits per heavy atom. The predicted octanol–water partition coefficient (Wildman–Crippen LogP) is -0.0929. The molecule has 1 heterocycles. The van der Waals surface area contributed by atoms with Gasteiger partial charge in [0.1, 0.15) is 0 Å². The molecule has 0 aliphatic carbocycles. The summed E-state index contributed by atoms with van der Waals surface area (Å²) in [6.07, 6.45) is 0.901. The zero-order chi connectivity index (χ0) is 7.56. The third kappa shape index (κ3) is 1.94. The highest BCUT2D eigenvalue weighted by Gasteiger charge is 2.24. The first kappa shape index (κ1) is 7.98. The van der Waals surface area contributed by atoms with E-state index in [4.69, 9.17) is 9.84 Å². The van der Waals surface area contributed by atoms with Crippen molar-refractivity contribution in [3.05, 3.63) is 0 Å². The number of rotatable bonds is 1. The lowest BCUT2D eigenvalue weighted by molar-refractivity contribution is -0.104. The van der Waals surface area contributed by atoms with Crippen molar-refractivity contribution in [3.8, 4) is 0 Å². The van der Waals surface area contributed by atoms with Crippen molar-refractivity contribution in [2.24, 2.45) is 0 Å². The molecule has 0 aromatic heterocycles. The summed E-state index contributed by atoms with van der Waals surface area (Å²) < 4.78 is 5.30. The zero-order valence-electron chi connectivity index (χ0n) is 6.16. The van der Waals surface area contributed by atoms with E-state index in [9.17, 15) is 5.11 Å². The second-order valence-corrected chi connectivity index (χ2v) is 2.88. The van der Waals surface area contributed by atoms with E-state index >= 15 is 0 Å². The smallest absolute Gasteiger partial charge is 0.0833 e. The van der Waals surface area contributed by atoms with Crippen molar-refractivity contribution >= 4 is 0 Å². The Balaban J connectivity index is 2.35. The number of aliphatic hydroxyl groups excluding tert-OH is 2. The fourth-order valence-electron chi connectivity index (χ4n) is 1.34. The summed E-state index contributed by atoms with van der Waals surface area (Å²) in [5, 5.41) is 17.9. The van der Waals surface area contributed by atoms with Crippen LogP contribution in [0.15, 0.2) is 0 Å². The Morgan fingerprint density at radius 3 is 2.70 bits per heavy atom. The van der Waals surface area contributed by atoms with Crippen LogP contribution in [0.4, 0.5) is 0 Å². The first-order valence-corrected chi connectivity index (χ1v) is 3.66. The van der Waals surface area contributed by atoms with E-state index in [-0.39, 0.29) is 24.9 Å². The van der Waals surface area contributed by atoms with Crippen LogP contribution in [0.5, 0.6) is 0 Å². The Labute approximate surface area is 60.6 Å². The van der Waals surface area contributed by atoms with Gasteiger partial charge in [-0.05, 0) is 13.3 Å². The molecule has 0 bridgehead atoms. The summed E-state index contributed by atoms with van der Waals surface area (Å²) in [5.74, 6) is 0. The molecule has 1 fully saturated rings. The van der Waals surface area contributed by atoms with Gasteiger partial charge in [0.25, 0.3) is 0 Å². The summed E-state index contributed by atoms with van der Waals surface area (Å²) in [5.41, 5.74) is 0. The second kappa shape index (κ2) is 3.32. The molecule has 0 saturated carbocycles. The molecule has 1 saturated heterocycles. The van der Waals surface area contributed by atoms with Gasteiger partial charge in [-0.15, -0.1) is 0 Å². The highest BCUT2D eigenvalue weighted by Crippen LogP contribution is 2.18. The number of aliphatic hydroxyl groups is 2. The Morgan fingerprint density at radius 1 is 1.50 bits per heavy atom. The van der Waals surface area contributed by atoms with Gasteiger partial charge >= 0.3 is 0 Å². The van der Waals surface area contributed by atoms with E-state index < -0.39 is 0 Å². The fourth-order valence-corrected chi connectivity index (χ4v) is 1.34. The van der Waals surface area contributed by atoms with Crippen molar-refractivity contribution < 1.29 is 14.9 Å². The van der Waals surface area contributed by atoms with Crippen molar-refractivity contribution in [3.63, 3.8) is 0 Å². The molecular formula is C7H14O3. The first-order chi connectivity index (χ1) is 4.72. The molecule has 1 aliphatic heterocycles. The van der Waals surface area contributed by atoms with E-state index in [1.165, 1.54) is 0 Å². The van der Waals surface area contributed by atoms with E-state index in [1.807, 2.05) is 6.92 Å². The van der Waals surface area contributed by atoms with Crippen LogP contribution in [-0.2, 0) is 4.74 Å². The minimum Gasteiger partial charge on any atom is -0.394 e. The van der Waals surface area contributed by atoms with Gasteiger partial charge in [-0.25, -0.2) is 0 Å². The van der Waals surface area contributed by atoms with Gasteiger partial charge in [-0.2, -0.15) is 0 Å². The lowest BCUT2D eigenvalue weighted by Crippen LogP contribution is -2.35. The topological polar surface area (TPSA) is 49.7 Å². The average molecular weight is 146 g/mol. The second-order valence-electron chi connectivity index (χ2n) is 2.88. The zero-order valence-corrected chi connectivity index (χ0v) is 6.16. The molecule has 0 aromatic rings. The summed E-state index contributed by atoms with van der Waals surface area (Å²) in [6.45, 7) is 1.92. The summed E-state index contributed by atoms with van der Waals surface area (Å²) in [4.78, 5) is 0. The fraction of sp³-hybridized carbons (Fsp3) is 1.00. The number of hydrogen-bond donors (Lipinski definition) is 2. The summed E-state index contributed by atoms with van der Waals surface area (Å²) >= 11 is 0. The molecule has 3 nitrogen and oxygen atoms in total. The third-order valence-electron chi connectivity index (χ3n) is 1.77. The van der Waals surface area contributed by atoms with Crippen LogP contribution in [0.3, 0.4) is 0 Å². The van der Waals surface area contributed by atoms with Gasteiger partial charge in [0.05, 0.1) is 24.9 Å². The van der Waals surface area contributed by atoms with Crippen LogP contribution in [-0.4, -0.2) is 35.1 Å². The van der Waals surface area contributed by atoms with Crippen LogP contribution >= 0.6 is 0 Å². The SMILES string of the molecule is CC1CC(O)C[C@@H](CO)O1. The largest absolute Gasteiger partial charge is 0.394 e. The number of hydrogen-bond acceptors (Lipinski definition) is 3. The van der Waals surface area contributed by atoms with E-state index in [0.717, 1.165) is 0 Å². The molecule has 0 radical (unpaired) electrons. The van der Waals surface area contributed by atoms with Crippen molar-refractivity contribution in [1.82, 2.24) is 0 Å². The molecule has 3 heteroatoms. The van der Waals surface area contributed by atoms with E-state index in [0.29, 0.717) is 12.8 Å². The Hall–Kier alpha value is -0.120. The highest BCUT2D eigenvalue weighted by atomic mass is 16.5. The van der Waals surface area contributed by atoms with Crippen LogP contribution in [0.25, 0.3) is 0 Å². The van der Waals surface area contributed by atoms with Crippen LogP contribution in [0.2, 0.25) is 0 Å². The van der Waals surface area contributed by atoms with Crippen LogP contribution < -0.4 is 0 Å². The summed E-state index contributed by atoms with van der Waals surface area (Å²) in [6, 6.07) is 0. The minimum absolute atomic E-state index is 0.0153. The molecule has 1 aliphatic rings. The number of ether oxygens (including phenoxy) is 1. The quantitative estimate of drug-likeness (QED) is 0.543. The minimum atomic E-state index is -0.291. The standard InChI is InChI=1S/C7H14O3/c1-5-2-6(9)3-7(4-8)10-5/h5-9H,2-4H2,1H3/t5?,6?,7-/m0/s1. The van der Waals surface area contributed by atoms with E-state index in [1.54, 1.807) is 0 Å². The average Bonchev–Trinajstić information content (AvgIpc) is 1.85. The molecular weight excluding hydrogens is 132 g/mol. The van der Waals surface area contributed by atoms with Gasteiger partial charge in [-0.1, -0.05) is 0 Å². The van der Waals surface area contributed by atoms with Crippen molar-refractivity contribution in [2.75, 3.05) is 6.61 Å². The highest BCUT2D eigenvalue weighted by molar-refractivity contribution is 4.73. The molecule has 2 unspecified atom stereocenters. The maximum atomic E-state index is 9.19. The molecule has 0 aromatic carbocycles. The van der Waals surface area contributed by atoms with Gasteiger partial charge < -0.3 is 14.9 Å². The van der Waals surface area contributed by atoms with Crippen molar-refractivity contribution in [2.45, 2.75) is 38.1 Å². The Bertz CT molecular complexity index is 95.0. The molecule has 1 rings (SSSR count). The molecule has 3 atom stereocenters. The molecule has 60 valence electrons. The Kier molecular flexibility index (Phi) is 2.65. The van der Waals surface area contributed by atoms with Gasteiger partial charge in [0, 0.05) is 6.42 Å². The third-order valence-corrected chi connectivity index (χ3v) is 1.77. The first-order valence-electron chi connectivity index (χ1n) is 3.66. The molecule has 2 N–H and O–H groups in total. The van der Waals surface area contributed by atoms with Crippen molar-refractivity contribution in [1.29, 1.82) is 0 Å². The van der Waals surface area contributed by atoms with Gasteiger partial charge in [0.15, 0.2) is 0 Å². The molecule has 0 amide bonds. The molecule has 10 heavy (non-hydrogen) atoms. The predicted molar refractivity (Wildman–Crippen MR) is 36.7 cm³/mol. The van der Waals surface area contributed by atoms with Crippen LogP contribution in [0.1, 0.15) is 19.8 Å². The van der Waals surface area contributed by atoms with E-state index in [2.05, 4.69) is 0 Å². The lowest BCUT2D eigenvalue weighted by atomic mass is 10.0. The summed E-state index contributed by atoms with van der Waals surface area (Å²) in [7, 11) is 0. The lowest BCUT2D eigenvalue weighted by Gasteiger charge is -2.29. The maximum absolute atomic E-state index is 9.19. The maximum Gasteiger partial charge on any atom is 0.0833 e.